The van der Waals surface area contributed by atoms with Gasteiger partial charge in [0.05, 0.1) is 6.61 Å². The second-order valence-corrected chi connectivity index (χ2v) is 7.08. The molecule has 0 spiro atoms. The first-order chi connectivity index (χ1) is 13.1. The van der Waals surface area contributed by atoms with Crippen LogP contribution in [0.1, 0.15) is 90.4 Å². The van der Waals surface area contributed by atoms with Crippen LogP contribution in [0.2, 0.25) is 0 Å². The van der Waals surface area contributed by atoms with E-state index in [0.717, 1.165) is 17.7 Å². The molecule has 0 aliphatic heterocycles. The predicted molar refractivity (Wildman–Crippen MR) is 109 cm³/mol. The van der Waals surface area contributed by atoms with Gasteiger partial charge < -0.3 is 14.4 Å². The van der Waals surface area contributed by atoms with Crippen molar-refractivity contribution in [2.45, 2.75) is 90.4 Å². The number of ether oxygens (including phenoxy) is 2. The summed E-state index contributed by atoms with van der Waals surface area (Å²) in [7, 11) is 1.48. The topological polar surface area (TPSA) is 55.8 Å². The average molecular weight is 382 g/mol. The van der Waals surface area contributed by atoms with Crippen molar-refractivity contribution in [3.8, 4) is 12.3 Å². The van der Waals surface area contributed by atoms with Crippen molar-refractivity contribution in [1.29, 1.82) is 0 Å². The molecule has 0 atom stereocenters. The quantitative estimate of drug-likeness (QED) is 0.194. The number of hydrogen-bond acceptors (Lipinski definition) is 4. The maximum atomic E-state index is 11.6. The van der Waals surface area contributed by atoms with Gasteiger partial charge in [-0.25, -0.2) is 4.79 Å². The van der Waals surface area contributed by atoms with Gasteiger partial charge in [0.25, 0.3) is 0 Å². The first-order valence-corrected chi connectivity index (χ1v) is 10.6. The molecule has 0 saturated heterocycles. The molecule has 0 rings (SSSR count). The van der Waals surface area contributed by atoms with Crippen LogP contribution in [0.3, 0.4) is 0 Å². The van der Waals surface area contributed by atoms with E-state index >= 15 is 0 Å². The fourth-order valence-electron chi connectivity index (χ4n) is 2.82. The van der Waals surface area contributed by atoms with Gasteiger partial charge in [-0.2, -0.15) is 0 Å². The highest BCUT2D eigenvalue weighted by Crippen LogP contribution is 2.12. The van der Waals surface area contributed by atoms with Gasteiger partial charge in [-0.05, 0) is 6.42 Å². The van der Waals surface area contributed by atoms with Crippen molar-refractivity contribution in [3.05, 3.63) is 0 Å². The zero-order valence-corrected chi connectivity index (χ0v) is 17.5. The average Bonchev–Trinajstić information content (AvgIpc) is 2.66. The van der Waals surface area contributed by atoms with Gasteiger partial charge in [0.1, 0.15) is 6.54 Å². The van der Waals surface area contributed by atoms with E-state index in [-0.39, 0.29) is 13.2 Å². The van der Waals surface area contributed by atoms with E-state index in [2.05, 4.69) is 12.8 Å². The molecular weight excluding hydrogens is 342 g/mol. The maximum absolute atomic E-state index is 11.6. The molecule has 0 aromatic carbocycles. The summed E-state index contributed by atoms with van der Waals surface area (Å²) in [6.45, 7) is 2.44. The van der Waals surface area contributed by atoms with Crippen LogP contribution < -0.4 is 0 Å². The third-order valence-electron chi connectivity index (χ3n) is 4.47. The summed E-state index contributed by atoms with van der Waals surface area (Å²) in [6, 6.07) is 0. The number of rotatable bonds is 17. The van der Waals surface area contributed by atoms with Crippen molar-refractivity contribution >= 4 is 12.1 Å². The number of terminal acetylenes is 1. The van der Waals surface area contributed by atoms with Crippen molar-refractivity contribution in [3.63, 3.8) is 0 Å². The highest BCUT2D eigenvalue weighted by molar-refractivity contribution is 5.77. The van der Waals surface area contributed by atoms with Crippen molar-refractivity contribution in [1.82, 2.24) is 4.90 Å². The Bertz CT molecular complexity index is 417. The minimum atomic E-state index is -0.620. The van der Waals surface area contributed by atoms with Crippen LogP contribution in [0.5, 0.6) is 0 Å². The molecule has 0 bridgehead atoms. The number of amides is 1. The molecule has 0 fully saturated rings. The van der Waals surface area contributed by atoms with Crippen LogP contribution in [-0.4, -0.2) is 43.8 Å². The second kappa shape index (κ2) is 19.1. The number of unbranched alkanes of at least 4 members (excludes halogenated alkanes) is 12. The molecule has 27 heavy (non-hydrogen) atoms. The predicted octanol–water partition coefficient (Wildman–Crippen LogP) is 5.32. The molecule has 0 aliphatic rings. The molecule has 0 saturated carbocycles. The smallest absolute Gasteiger partial charge is 0.410 e. The standard InChI is InChI=1S/C22H39NO4/c1-4-6-7-8-9-10-11-12-13-14-15-16-17-19-26-21(24)20-23(3)22(25)27-18-5-2/h2H,4,6-20H2,1,3H3. The van der Waals surface area contributed by atoms with Crippen LogP contribution in [0, 0.1) is 12.3 Å². The van der Waals surface area contributed by atoms with Crippen LogP contribution in [0.15, 0.2) is 0 Å². The Morgan fingerprint density at radius 2 is 1.30 bits per heavy atom. The molecule has 156 valence electrons. The normalized spacial score (nSPS) is 10.3. The Labute approximate surface area is 166 Å². The fraction of sp³-hybridized carbons (Fsp3) is 0.818. The van der Waals surface area contributed by atoms with E-state index in [4.69, 9.17) is 15.9 Å². The third-order valence-corrected chi connectivity index (χ3v) is 4.47. The summed E-state index contributed by atoms with van der Waals surface area (Å²) >= 11 is 0. The second-order valence-electron chi connectivity index (χ2n) is 7.08. The van der Waals surface area contributed by atoms with Gasteiger partial charge in [-0.1, -0.05) is 89.9 Å². The van der Waals surface area contributed by atoms with E-state index in [0.29, 0.717) is 6.61 Å². The zero-order chi connectivity index (χ0) is 20.2. The first kappa shape index (κ1) is 25.3. The van der Waals surface area contributed by atoms with Crippen molar-refractivity contribution in [2.24, 2.45) is 0 Å². The van der Waals surface area contributed by atoms with Gasteiger partial charge in [0.2, 0.25) is 0 Å². The number of esters is 1. The lowest BCUT2D eigenvalue weighted by molar-refractivity contribution is -0.144. The van der Waals surface area contributed by atoms with E-state index in [1.807, 2.05) is 0 Å². The van der Waals surface area contributed by atoms with Gasteiger partial charge >= 0.3 is 12.1 Å². The van der Waals surface area contributed by atoms with Gasteiger partial charge in [0, 0.05) is 7.05 Å². The summed E-state index contributed by atoms with van der Waals surface area (Å²) in [6.07, 6.45) is 21.0. The maximum Gasteiger partial charge on any atom is 0.410 e. The zero-order valence-electron chi connectivity index (χ0n) is 17.5. The molecule has 0 N–H and O–H groups in total. The monoisotopic (exact) mass is 381 g/mol. The lowest BCUT2D eigenvalue weighted by atomic mass is 10.0. The molecule has 5 heteroatoms. The Morgan fingerprint density at radius 3 is 1.78 bits per heavy atom. The Kier molecular flexibility index (Phi) is 17.9. The van der Waals surface area contributed by atoms with Gasteiger partial charge in [-0.3, -0.25) is 4.79 Å². The Hall–Kier alpha value is -1.70. The number of hydrogen-bond donors (Lipinski definition) is 0. The summed E-state index contributed by atoms with van der Waals surface area (Å²) in [5.41, 5.74) is 0. The largest absolute Gasteiger partial charge is 0.464 e. The molecule has 0 radical (unpaired) electrons. The van der Waals surface area contributed by atoms with Crippen molar-refractivity contribution in [2.75, 3.05) is 26.8 Å². The number of nitrogens with zero attached hydrogens (tertiary/aromatic N) is 1. The highest BCUT2D eigenvalue weighted by atomic mass is 16.6. The van der Waals surface area contributed by atoms with E-state index in [1.54, 1.807) is 0 Å². The van der Waals surface area contributed by atoms with E-state index < -0.39 is 12.1 Å². The lowest BCUT2D eigenvalue weighted by Crippen LogP contribution is -2.33. The van der Waals surface area contributed by atoms with Gasteiger partial charge in [0.15, 0.2) is 6.61 Å². The molecule has 0 aromatic rings. The Morgan fingerprint density at radius 1 is 0.815 bits per heavy atom. The number of carbonyl (C=O) groups excluding carboxylic acids is 2. The van der Waals surface area contributed by atoms with E-state index in [9.17, 15) is 9.59 Å². The van der Waals surface area contributed by atoms with Crippen LogP contribution in [0.4, 0.5) is 4.79 Å². The molecule has 5 nitrogen and oxygen atoms in total. The minimum absolute atomic E-state index is 0.100. The molecule has 0 heterocycles. The molecule has 0 aromatic heterocycles. The summed E-state index contributed by atoms with van der Waals surface area (Å²) in [5.74, 6) is 1.78. The molecule has 1 amide bonds. The first-order valence-electron chi connectivity index (χ1n) is 10.6. The summed E-state index contributed by atoms with van der Waals surface area (Å²) in [4.78, 5) is 24.2. The van der Waals surface area contributed by atoms with Crippen LogP contribution in [0.25, 0.3) is 0 Å². The summed E-state index contributed by atoms with van der Waals surface area (Å²) < 4.78 is 9.86. The van der Waals surface area contributed by atoms with E-state index in [1.165, 1.54) is 77.7 Å². The van der Waals surface area contributed by atoms with Crippen LogP contribution >= 0.6 is 0 Å². The van der Waals surface area contributed by atoms with Crippen LogP contribution in [-0.2, 0) is 14.3 Å². The fourth-order valence-corrected chi connectivity index (χ4v) is 2.82. The summed E-state index contributed by atoms with van der Waals surface area (Å²) in [5, 5.41) is 0. The molecule has 0 aliphatic carbocycles. The number of carbonyl (C=O) groups is 2. The number of likely N-dealkylation sites (N-methyl/N-ethyl adjacent to an activating group) is 1. The molecule has 0 unspecified atom stereocenters. The minimum Gasteiger partial charge on any atom is -0.464 e. The highest BCUT2D eigenvalue weighted by Gasteiger charge is 2.14. The Balaban J connectivity index is 3.35. The molecular formula is C22H39NO4. The SMILES string of the molecule is C#CCOC(=O)N(C)CC(=O)OCCCCCCCCCCCCCCC. The lowest BCUT2D eigenvalue weighted by Gasteiger charge is -2.15. The third kappa shape index (κ3) is 17.5. The van der Waals surface area contributed by atoms with Crippen molar-refractivity contribution < 1.29 is 19.1 Å². The van der Waals surface area contributed by atoms with Gasteiger partial charge in [-0.15, -0.1) is 6.42 Å².